The van der Waals surface area contributed by atoms with Gasteiger partial charge in [0, 0.05) is 25.7 Å². The van der Waals surface area contributed by atoms with Crippen molar-refractivity contribution >= 4 is 39.8 Å². The molecule has 154 valence electrons. The summed E-state index contributed by atoms with van der Waals surface area (Å²) >= 11 is 0. The molecule has 0 spiro atoms. The van der Waals surface area contributed by atoms with Crippen molar-refractivity contribution in [3.8, 4) is 0 Å². The van der Waals surface area contributed by atoms with Gasteiger partial charge in [-0.3, -0.25) is 4.99 Å². The van der Waals surface area contributed by atoms with E-state index in [2.05, 4.69) is 27.4 Å². The Morgan fingerprint density at radius 3 is 2.44 bits per heavy atom. The highest BCUT2D eigenvalue weighted by Gasteiger charge is 2.19. The van der Waals surface area contributed by atoms with Crippen molar-refractivity contribution in [3.05, 3.63) is 30.3 Å². The standard InChI is InChI=1S/C19H32N4O2S.HI/c1-3-13-23-14-10-17(11-15-23)22-19(20-4-2)21-12-16-26(24,25)18-8-6-5-7-9-18;/h5-9,17H,3-4,10-16H2,1-2H3,(H2,20,21,22);1H. The Balaban J connectivity index is 0.00000364. The molecular weight excluding hydrogens is 475 g/mol. The molecule has 0 bridgehead atoms. The molecule has 6 nitrogen and oxygen atoms in total. The van der Waals surface area contributed by atoms with Gasteiger partial charge in [-0.1, -0.05) is 25.1 Å². The molecule has 0 saturated carbocycles. The van der Waals surface area contributed by atoms with E-state index in [0.717, 1.165) is 39.0 Å². The molecule has 0 aromatic heterocycles. The van der Waals surface area contributed by atoms with Crippen LogP contribution in [0.2, 0.25) is 0 Å². The van der Waals surface area contributed by atoms with Crippen molar-refractivity contribution in [2.75, 3.05) is 38.5 Å². The molecule has 1 aromatic rings. The topological polar surface area (TPSA) is 73.8 Å². The Morgan fingerprint density at radius 2 is 1.85 bits per heavy atom. The van der Waals surface area contributed by atoms with E-state index < -0.39 is 9.84 Å². The molecule has 8 heteroatoms. The highest BCUT2D eigenvalue weighted by molar-refractivity contribution is 14.0. The second-order valence-electron chi connectivity index (χ2n) is 6.65. The van der Waals surface area contributed by atoms with Crippen LogP contribution in [0.4, 0.5) is 0 Å². The van der Waals surface area contributed by atoms with Crippen LogP contribution in [0.15, 0.2) is 40.2 Å². The summed E-state index contributed by atoms with van der Waals surface area (Å²) in [7, 11) is -3.29. The van der Waals surface area contributed by atoms with Crippen LogP contribution in [0.5, 0.6) is 0 Å². The molecule has 2 rings (SSSR count). The molecule has 0 amide bonds. The van der Waals surface area contributed by atoms with Gasteiger partial charge < -0.3 is 15.5 Å². The minimum atomic E-state index is -3.29. The molecule has 1 aliphatic rings. The van der Waals surface area contributed by atoms with Gasteiger partial charge in [-0.15, -0.1) is 24.0 Å². The molecule has 1 saturated heterocycles. The first-order valence-electron chi connectivity index (χ1n) is 9.60. The largest absolute Gasteiger partial charge is 0.357 e. The molecule has 1 aromatic carbocycles. The van der Waals surface area contributed by atoms with E-state index >= 15 is 0 Å². The maximum atomic E-state index is 12.3. The second-order valence-corrected chi connectivity index (χ2v) is 8.76. The monoisotopic (exact) mass is 508 g/mol. The van der Waals surface area contributed by atoms with Crippen LogP contribution in [0.1, 0.15) is 33.1 Å². The van der Waals surface area contributed by atoms with Gasteiger partial charge in [-0.25, -0.2) is 8.42 Å². The number of likely N-dealkylation sites (tertiary alicyclic amines) is 1. The van der Waals surface area contributed by atoms with Crippen LogP contribution >= 0.6 is 24.0 Å². The van der Waals surface area contributed by atoms with Crippen LogP contribution in [0.3, 0.4) is 0 Å². The fourth-order valence-electron chi connectivity index (χ4n) is 3.15. The third kappa shape index (κ3) is 8.35. The minimum Gasteiger partial charge on any atom is -0.357 e. The highest BCUT2D eigenvalue weighted by atomic mass is 127. The van der Waals surface area contributed by atoms with Gasteiger partial charge in [-0.2, -0.15) is 0 Å². The number of rotatable bonds is 8. The van der Waals surface area contributed by atoms with Gasteiger partial charge in [0.15, 0.2) is 15.8 Å². The molecule has 0 unspecified atom stereocenters. The quantitative estimate of drug-likeness (QED) is 0.321. The SMILES string of the molecule is CCCN1CCC(NC(=NCCS(=O)(=O)c2ccccc2)NCC)CC1.I. The summed E-state index contributed by atoms with van der Waals surface area (Å²) in [5, 5.41) is 6.69. The maximum absolute atomic E-state index is 12.3. The molecule has 1 aliphatic heterocycles. The first-order chi connectivity index (χ1) is 12.5. The summed E-state index contributed by atoms with van der Waals surface area (Å²) in [5.41, 5.74) is 0. The number of halogens is 1. The number of sulfone groups is 1. The summed E-state index contributed by atoms with van der Waals surface area (Å²) in [6.07, 6.45) is 3.37. The number of benzene rings is 1. The van der Waals surface area contributed by atoms with Crippen molar-refractivity contribution in [3.63, 3.8) is 0 Å². The Morgan fingerprint density at radius 1 is 1.19 bits per heavy atom. The zero-order valence-corrected chi connectivity index (χ0v) is 19.5. The maximum Gasteiger partial charge on any atom is 0.191 e. The lowest BCUT2D eigenvalue weighted by Crippen LogP contribution is -2.48. The van der Waals surface area contributed by atoms with E-state index in [1.165, 1.54) is 6.42 Å². The molecule has 0 atom stereocenters. The van der Waals surface area contributed by atoms with Crippen molar-refractivity contribution in [2.24, 2.45) is 4.99 Å². The molecule has 2 N–H and O–H groups in total. The van der Waals surface area contributed by atoms with E-state index in [1.54, 1.807) is 24.3 Å². The number of hydrogen-bond acceptors (Lipinski definition) is 4. The number of guanidine groups is 1. The smallest absolute Gasteiger partial charge is 0.191 e. The predicted molar refractivity (Wildman–Crippen MR) is 123 cm³/mol. The molecule has 0 aliphatic carbocycles. The number of aliphatic imine (C=N–C) groups is 1. The lowest BCUT2D eigenvalue weighted by molar-refractivity contribution is 0.206. The number of piperidine rings is 1. The Bertz CT molecular complexity index is 660. The average molecular weight is 508 g/mol. The van der Waals surface area contributed by atoms with Crippen LogP contribution in [-0.4, -0.2) is 63.8 Å². The molecule has 1 heterocycles. The van der Waals surface area contributed by atoms with E-state index in [4.69, 9.17) is 0 Å². The third-order valence-electron chi connectivity index (χ3n) is 4.54. The summed E-state index contributed by atoms with van der Waals surface area (Å²) in [6, 6.07) is 8.96. The van der Waals surface area contributed by atoms with Gasteiger partial charge in [0.2, 0.25) is 0 Å². The first-order valence-corrected chi connectivity index (χ1v) is 11.3. The van der Waals surface area contributed by atoms with Gasteiger partial charge in [-0.05, 0) is 44.9 Å². The highest BCUT2D eigenvalue weighted by Crippen LogP contribution is 2.11. The average Bonchev–Trinajstić information content (AvgIpc) is 2.64. The lowest BCUT2D eigenvalue weighted by Gasteiger charge is -2.32. The first kappa shape index (κ1) is 24.2. The summed E-state index contributed by atoms with van der Waals surface area (Å²) in [5.74, 6) is 0.729. The molecular formula is C19H33IN4O2S. The van der Waals surface area contributed by atoms with E-state index in [1.807, 2.05) is 13.0 Å². The second kappa shape index (κ2) is 12.6. The molecule has 1 fully saturated rings. The summed E-state index contributed by atoms with van der Waals surface area (Å²) in [6.45, 7) is 8.61. The summed E-state index contributed by atoms with van der Waals surface area (Å²) < 4.78 is 24.7. The fraction of sp³-hybridized carbons (Fsp3) is 0.632. The van der Waals surface area contributed by atoms with Gasteiger partial charge in [0.05, 0.1) is 17.2 Å². The van der Waals surface area contributed by atoms with E-state index in [9.17, 15) is 8.42 Å². The number of nitrogens with one attached hydrogen (secondary N) is 2. The third-order valence-corrected chi connectivity index (χ3v) is 6.26. The molecule has 27 heavy (non-hydrogen) atoms. The van der Waals surface area contributed by atoms with Gasteiger partial charge in [0.25, 0.3) is 0 Å². The van der Waals surface area contributed by atoms with Gasteiger partial charge >= 0.3 is 0 Å². The van der Waals surface area contributed by atoms with Crippen LogP contribution in [0, 0.1) is 0 Å². The van der Waals surface area contributed by atoms with Crippen molar-refractivity contribution in [2.45, 2.75) is 44.0 Å². The Kier molecular flexibility index (Phi) is 11.2. The summed E-state index contributed by atoms with van der Waals surface area (Å²) in [4.78, 5) is 7.33. The zero-order chi connectivity index (χ0) is 18.8. The van der Waals surface area contributed by atoms with Crippen LogP contribution in [0.25, 0.3) is 0 Å². The normalized spacial score (nSPS) is 16.6. The predicted octanol–water partition coefficient (Wildman–Crippen LogP) is 2.51. The van der Waals surface area contributed by atoms with Crippen LogP contribution in [-0.2, 0) is 9.84 Å². The van der Waals surface area contributed by atoms with E-state index in [0.29, 0.717) is 16.9 Å². The van der Waals surface area contributed by atoms with Crippen LogP contribution < -0.4 is 10.6 Å². The lowest BCUT2D eigenvalue weighted by atomic mass is 10.1. The molecule has 0 radical (unpaired) electrons. The van der Waals surface area contributed by atoms with Crippen molar-refractivity contribution < 1.29 is 8.42 Å². The van der Waals surface area contributed by atoms with E-state index in [-0.39, 0.29) is 36.3 Å². The Hall–Kier alpha value is -0.870. The van der Waals surface area contributed by atoms with Crippen molar-refractivity contribution in [1.82, 2.24) is 15.5 Å². The minimum absolute atomic E-state index is 0. The zero-order valence-electron chi connectivity index (χ0n) is 16.4. The number of hydrogen-bond donors (Lipinski definition) is 2. The van der Waals surface area contributed by atoms with Gasteiger partial charge in [0.1, 0.15) is 0 Å². The van der Waals surface area contributed by atoms with Crippen molar-refractivity contribution in [1.29, 1.82) is 0 Å². The fourth-order valence-corrected chi connectivity index (χ4v) is 4.29. The number of nitrogens with zero attached hydrogens (tertiary/aromatic N) is 2. The Labute approximate surface area is 181 Å².